The molecule has 3 N–H and O–H groups in total. The van der Waals surface area contributed by atoms with Gasteiger partial charge in [0.2, 0.25) is 21.1 Å². The number of hydrogen-bond donors (Lipinski definition) is 2. The van der Waals surface area contributed by atoms with E-state index in [0.717, 1.165) is 17.7 Å². The highest BCUT2D eigenvalue weighted by molar-refractivity contribution is 7.99. The zero-order valence-electron chi connectivity index (χ0n) is 14.9. The third-order valence-electron chi connectivity index (χ3n) is 3.84. The van der Waals surface area contributed by atoms with Crippen LogP contribution in [0.1, 0.15) is 12.5 Å². The zero-order valence-corrected chi connectivity index (χ0v) is 16.6. The minimum Gasteiger partial charge on any atom is -0.325 e. The summed E-state index contributed by atoms with van der Waals surface area (Å²) in [4.78, 5) is 12.2. The van der Waals surface area contributed by atoms with Gasteiger partial charge in [-0.1, -0.05) is 36.9 Å². The van der Waals surface area contributed by atoms with Crippen molar-refractivity contribution in [3.63, 3.8) is 0 Å². The average molecular weight is 419 g/mol. The predicted molar refractivity (Wildman–Crippen MR) is 106 cm³/mol. The maximum Gasteiger partial charge on any atom is 0.238 e. The van der Waals surface area contributed by atoms with Crippen molar-refractivity contribution >= 4 is 33.4 Å². The minimum atomic E-state index is -3.77. The van der Waals surface area contributed by atoms with Crippen LogP contribution in [0.4, 0.5) is 5.69 Å². The summed E-state index contributed by atoms with van der Waals surface area (Å²) in [5.41, 5.74) is 2.43. The predicted octanol–water partition coefficient (Wildman–Crippen LogP) is 1.60. The van der Waals surface area contributed by atoms with Gasteiger partial charge in [0.15, 0.2) is 0 Å². The lowest BCUT2D eigenvalue weighted by Crippen LogP contribution is -2.15. The van der Waals surface area contributed by atoms with Crippen LogP contribution in [-0.2, 0) is 21.2 Å². The number of hydrogen-bond acceptors (Lipinski definition) is 7. The Morgan fingerprint density at radius 1 is 1.18 bits per heavy atom. The molecule has 0 bridgehead atoms. The molecule has 0 aliphatic rings. The van der Waals surface area contributed by atoms with Crippen LogP contribution in [0.3, 0.4) is 0 Å². The molecule has 0 unspecified atom stereocenters. The van der Waals surface area contributed by atoms with E-state index in [1.165, 1.54) is 36.0 Å². The Kier molecular flexibility index (Phi) is 6.07. The van der Waals surface area contributed by atoms with E-state index in [2.05, 4.69) is 20.8 Å². The second-order valence-electron chi connectivity index (χ2n) is 5.76. The van der Waals surface area contributed by atoms with Crippen LogP contribution in [0.2, 0.25) is 0 Å². The maximum atomic E-state index is 12.2. The summed E-state index contributed by atoms with van der Waals surface area (Å²) in [6, 6.07) is 13.4. The summed E-state index contributed by atoms with van der Waals surface area (Å²) in [5.74, 6) is -0.183. The number of carbonyl (C=O) groups excluding carboxylic acids is 1. The second-order valence-corrected chi connectivity index (χ2v) is 8.27. The molecule has 0 aliphatic heterocycles. The summed E-state index contributed by atoms with van der Waals surface area (Å²) in [6.07, 6.45) is 0.829. The van der Waals surface area contributed by atoms with Crippen molar-refractivity contribution < 1.29 is 13.2 Å². The van der Waals surface area contributed by atoms with Crippen LogP contribution in [0.25, 0.3) is 5.69 Å². The lowest BCUT2D eigenvalue weighted by Gasteiger charge is -2.09. The smallest absolute Gasteiger partial charge is 0.238 e. The lowest BCUT2D eigenvalue weighted by molar-refractivity contribution is -0.113. The summed E-state index contributed by atoms with van der Waals surface area (Å²) in [6.45, 7) is 2.05. The fourth-order valence-electron chi connectivity index (χ4n) is 2.49. The number of rotatable bonds is 7. The number of sulfonamides is 1. The molecular formula is C17H18N6O3S2. The molecule has 0 radical (unpaired) electrons. The van der Waals surface area contributed by atoms with Crippen molar-refractivity contribution in [2.75, 3.05) is 11.1 Å². The first-order valence-corrected chi connectivity index (χ1v) is 10.8. The topological polar surface area (TPSA) is 133 Å². The number of thioether (sulfide) groups is 1. The number of aryl methyl sites for hydroxylation is 1. The van der Waals surface area contributed by atoms with Crippen molar-refractivity contribution in [1.82, 2.24) is 20.2 Å². The third kappa shape index (κ3) is 4.74. The van der Waals surface area contributed by atoms with Crippen LogP contribution < -0.4 is 10.5 Å². The molecule has 0 saturated carbocycles. The van der Waals surface area contributed by atoms with Crippen LogP contribution >= 0.6 is 11.8 Å². The largest absolute Gasteiger partial charge is 0.325 e. The Morgan fingerprint density at radius 2 is 1.89 bits per heavy atom. The Hall–Kier alpha value is -2.76. The highest BCUT2D eigenvalue weighted by Gasteiger charge is 2.14. The number of primary sulfonamides is 1. The first-order valence-electron chi connectivity index (χ1n) is 8.30. The molecule has 146 valence electrons. The number of benzene rings is 2. The van der Waals surface area contributed by atoms with E-state index in [0.29, 0.717) is 10.8 Å². The number of nitrogens with one attached hydrogen (secondary N) is 1. The normalized spacial score (nSPS) is 11.4. The van der Waals surface area contributed by atoms with Gasteiger partial charge in [-0.2, -0.15) is 4.68 Å². The Balaban J connectivity index is 1.65. The number of aromatic nitrogens is 4. The molecular weight excluding hydrogens is 400 g/mol. The zero-order chi connectivity index (χ0) is 20.1. The number of anilines is 1. The van der Waals surface area contributed by atoms with Gasteiger partial charge in [-0.15, -0.1) is 5.10 Å². The molecule has 9 nitrogen and oxygen atoms in total. The van der Waals surface area contributed by atoms with Gasteiger partial charge < -0.3 is 5.32 Å². The van der Waals surface area contributed by atoms with Crippen LogP contribution in [-0.4, -0.2) is 40.3 Å². The van der Waals surface area contributed by atoms with E-state index in [1.807, 2.05) is 31.2 Å². The number of amides is 1. The Labute approximate surface area is 166 Å². The quantitative estimate of drug-likeness (QED) is 0.557. The molecule has 3 aromatic rings. The average Bonchev–Trinajstić information content (AvgIpc) is 3.14. The number of para-hydroxylation sites is 1. The minimum absolute atomic E-state index is 0.0198. The van der Waals surface area contributed by atoms with E-state index < -0.39 is 10.0 Å². The second kappa shape index (κ2) is 8.50. The van der Waals surface area contributed by atoms with E-state index in [9.17, 15) is 13.2 Å². The van der Waals surface area contributed by atoms with Crippen molar-refractivity contribution in [3.05, 3.63) is 54.1 Å². The molecule has 0 atom stereocenters. The molecule has 1 aromatic heterocycles. The number of tetrazole rings is 1. The molecule has 0 spiro atoms. The third-order valence-corrected chi connectivity index (χ3v) is 5.69. The van der Waals surface area contributed by atoms with Crippen molar-refractivity contribution in [2.24, 2.45) is 5.14 Å². The van der Waals surface area contributed by atoms with Crippen LogP contribution in [0, 0.1) is 0 Å². The van der Waals surface area contributed by atoms with E-state index >= 15 is 0 Å². The van der Waals surface area contributed by atoms with E-state index in [-0.39, 0.29) is 16.6 Å². The molecule has 0 fully saturated rings. The van der Waals surface area contributed by atoms with Gasteiger partial charge in [-0.05, 0) is 52.7 Å². The Bertz CT molecular complexity index is 1080. The van der Waals surface area contributed by atoms with E-state index in [1.54, 1.807) is 4.68 Å². The number of nitrogens with zero attached hydrogens (tertiary/aromatic N) is 4. The molecule has 28 heavy (non-hydrogen) atoms. The first-order chi connectivity index (χ1) is 13.4. The summed E-state index contributed by atoms with van der Waals surface area (Å²) >= 11 is 1.20. The van der Waals surface area contributed by atoms with Crippen LogP contribution in [0.15, 0.2) is 58.6 Å². The number of carbonyl (C=O) groups is 1. The van der Waals surface area contributed by atoms with Gasteiger partial charge in [-0.25, -0.2) is 13.6 Å². The van der Waals surface area contributed by atoms with Gasteiger partial charge in [0.05, 0.1) is 16.3 Å². The Morgan fingerprint density at radius 3 is 2.57 bits per heavy atom. The van der Waals surface area contributed by atoms with Crippen molar-refractivity contribution in [1.29, 1.82) is 0 Å². The van der Waals surface area contributed by atoms with Gasteiger partial charge >= 0.3 is 0 Å². The first kappa shape index (κ1) is 20.0. The lowest BCUT2D eigenvalue weighted by atomic mass is 10.1. The standard InChI is InChI=1S/C17H18N6O3S2/c1-2-12-5-3-4-6-15(12)23-17(20-21-22-23)27-11-16(24)19-13-7-9-14(10-8-13)28(18,25)26/h3-10H,2,11H2,1H3,(H,19,24)(H2,18,25,26). The van der Waals surface area contributed by atoms with Gasteiger partial charge in [0.25, 0.3) is 0 Å². The van der Waals surface area contributed by atoms with Gasteiger partial charge in [0, 0.05) is 5.69 Å². The van der Waals surface area contributed by atoms with Crippen LogP contribution in [0.5, 0.6) is 0 Å². The maximum absolute atomic E-state index is 12.2. The molecule has 0 aliphatic carbocycles. The fraction of sp³-hybridized carbons (Fsp3) is 0.176. The summed E-state index contributed by atoms with van der Waals surface area (Å²) in [7, 11) is -3.77. The summed E-state index contributed by atoms with van der Waals surface area (Å²) < 4.78 is 24.1. The molecule has 11 heteroatoms. The molecule has 0 saturated heterocycles. The van der Waals surface area contributed by atoms with Crippen molar-refractivity contribution in [3.8, 4) is 5.69 Å². The highest BCUT2D eigenvalue weighted by atomic mass is 32.2. The number of nitrogens with two attached hydrogens (primary N) is 1. The summed E-state index contributed by atoms with van der Waals surface area (Å²) in [5, 5.41) is 20.0. The molecule has 1 heterocycles. The van der Waals surface area contributed by atoms with Crippen molar-refractivity contribution in [2.45, 2.75) is 23.4 Å². The van der Waals surface area contributed by atoms with E-state index in [4.69, 9.17) is 5.14 Å². The highest BCUT2D eigenvalue weighted by Crippen LogP contribution is 2.21. The SMILES string of the molecule is CCc1ccccc1-n1nnnc1SCC(=O)Nc1ccc(S(N)(=O)=O)cc1. The monoisotopic (exact) mass is 418 g/mol. The van der Waals surface area contributed by atoms with Gasteiger partial charge in [0.1, 0.15) is 0 Å². The molecule has 3 rings (SSSR count). The van der Waals surface area contributed by atoms with Gasteiger partial charge in [-0.3, -0.25) is 4.79 Å². The molecule has 1 amide bonds. The molecule has 2 aromatic carbocycles. The fourth-order valence-corrected chi connectivity index (χ4v) is 3.69.